The minimum absolute atomic E-state index is 0.0757. The summed E-state index contributed by atoms with van der Waals surface area (Å²) in [4.78, 5) is 11.8. The lowest BCUT2D eigenvalue weighted by atomic mass is 9.94. The fraction of sp³-hybridized carbons (Fsp3) is 0.917. The van der Waals surface area contributed by atoms with E-state index in [-0.39, 0.29) is 29.4 Å². The van der Waals surface area contributed by atoms with Gasteiger partial charge in [0.1, 0.15) is 0 Å². The van der Waals surface area contributed by atoms with Crippen LogP contribution in [0.4, 0.5) is 0 Å². The van der Waals surface area contributed by atoms with Crippen molar-refractivity contribution in [2.45, 2.75) is 39.2 Å². The van der Waals surface area contributed by atoms with Crippen molar-refractivity contribution in [3.8, 4) is 0 Å². The highest BCUT2D eigenvalue weighted by atomic mass is 32.2. The average Bonchev–Trinajstić information content (AvgIpc) is 2.56. The predicted octanol–water partition coefficient (Wildman–Crippen LogP) is 0.301. The first-order chi connectivity index (χ1) is 8.32. The summed E-state index contributed by atoms with van der Waals surface area (Å²) >= 11 is 0. The maximum Gasteiger partial charge on any atom is 0.220 e. The van der Waals surface area contributed by atoms with Crippen molar-refractivity contribution in [2.24, 2.45) is 17.6 Å². The summed E-state index contributed by atoms with van der Waals surface area (Å²) in [5.41, 5.74) is 5.64. The average molecular weight is 276 g/mol. The van der Waals surface area contributed by atoms with Gasteiger partial charge in [-0.1, -0.05) is 13.8 Å². The van der Waals surface area contributed by atoms with Gasteiger partial charge in [-0.05, 0) is 31.2 Å². The highest BCUT2D eigenvalue weighted by Crippen LogP contribution is 2.15. The quantitative estimate of drug-likeness (QED) is 0.730. The van der Waals surface area contributed by atoms with Gasteiger partial charge < -0.3 is 11.1 Å². The Balaban J connectivity index is 2.37. The monoisotopic (exact) mass is 276 g/mol. The van der Waals surface area contributed by atoms with Crippen LogP contribution in [0.1, 0.15) is 33.1 Å². The molecule has 1 amide bonds. The number of hydrogen-bond acceptors (Lipinski definition) is 4. The molecule has 1 heterocycles. The van der Waals surface area contributed by atoms with Crippen LogP contribution >= 0.6 is 0 Å². The van der Waals surface area contributed by atoms with Crippen molar-refractivity contribution in [2.75, 3.05) is 18.1 Å². The lowest BCUT2D eigenvalue weighted by Gasteiger charge is -2.18. The van der Waals surface area contributed by atoms with Gasteiger partial charge in [0, 0.05) is 12.5 Å². The fourth-order valence-electron chi connectivity index (χ4n) is 2.39. The van der Waals surface area contributed by atoms with E-state index in [1.807, 2.05) is 0 Å². The Bertz CT molecular complexity index is 379. The van der Waals surface area contributed by atoms with E-state index in [4.69, 9.17) is 5.73 Å². The van der Waals surface area contributed by atoms with Crippen LogP contribution in [-0.2, 0) is 14.6 Å². The van der Waals surface area contributed by atoms with Gasteiger partial charge in [-0.15, -0.1) is 0 Å². The topological polar surface area (TPSA) is 89.3 Å². The second-order valence-electron chi connectivity index (χ2n) is 5.60. The van der Waals surface area contributed by atoms with Crippen LogP contribution in [0.2, 0.25) is 0 Å². The number of sulfone groups is 1. The van der Waals surface area contributed by atoms with Gasteiger partial charge in [0.2, 0.25) is 5.91 Å². The molecule has 0 aromatic heterocycles. The van der Waals surface area contributed by atoms with E-state index in [0.29, 0.717) is 25.3 Å². The van der Waals surface area contributed by atoms with Crippen LogP contribution in [0, 0.1) is 11.8 Å². The van der Waals surface area contributed by atoms with Crippen molar-refractivity contribution in [3.05, 3.63) is 0 Å². The smallest absolute Gasteiger partial charge is 0.220 e. The Morgan fingerprint density at radius 3 is 2.56 bits per heavy atom. The third-order valence-corrected chi connectivity index (χ3v) is 4.98. The van der Waals surface area contributed by atoms with Gasteiger partial charge in [0.05, 0.1) is 11.5 Å². The zero-order chi connectivity index (χ0) is 13.8. The van der Waals surface area contributed by atoms with Crippen LogP contribution in [0.3, 0.4) is 0 Å². The van der Waals surface area contributed by atoms with Gasteiger partial charge in [-0.3, -0.25) is 4.79 Å². The summed E-state index contributed by atoms with van der Waals surface area (Å²) in [7, 11) is -2.93. The predicted molar refractivity (Wildman–Crippen MR) is 71.8 cm³/mol. The molecule has 0 aliphatic carbocycles. The van der Waals surface area contributed by atoms with Crippen molar-refractivity contribution < 1.29 is 13.2 Å². The van der Waals surface area contributed by atoms with Crippen LogP contribution in [0.5, 0.6) is 0 Å². The second kappa shape index (κ2) is 6.52. The summed E-state index contributed by atoms with van der Waals surface area (Å²) in [6.07, 6.45) is 1.85. The Labute approximate surface area is 109 Å². The highest BCUT2D eigenvalue weighted by Gasteiger charge is 2.29. The third-order valence-electron chi connectivity index (χ3n) is 3.21. The number of hydrogen-bond donors (Lipinski definition) is 2. The molecular formula is C12H24N2O3S. The maximum atomic E-state index is 11.8. The minimum atomic E-state index is -2.93. The zero-order valence-electron chi connectivity index (χ0n) is 11.2. The summed E-state index contributed by atoms with van der Waals surface area (Å²) in [6, 6.07) is -0.208. The molecule has 1 unspecified atom stereocenters. The van der Waals surface area contributed by atoms with Crippen molar-refractivity contribution in [1.82, 2.24) is 5.32 Å². The van der Waals surface area contributed by atoms with Gasteiger partial charge in [0.15, 0.2) is 9.84 Å². The van der Waals surface area contributed by atoms with Crippen molar-refractivity contribution in [1.29, 1.82) is 0 Å². The molecule has 106 valence electrons. The molecule has 1 saturated heterocycles. The molecule has 0 aromatic carbocycles. The van der Waals surface area contributed by atoms with E-state index in [1.54, 1.807) is 0 Å². The Morgan fingerprint density at radius 2 is 2.11 bits per heavy atom. The maximum absolute atomic E-state index is 11.8. The molecule has 1 fully saturated rings. The molecule has 0 saturated carbocycles. The zero-order valence-corrected chi connectivity index (χ0v) is 12.0. The lowest BCUT2D eigenvalue weighted by molar-refractivity contribution is -0.122. The first-order valence-electron chi connectivity index (χ1n) is 6.52. The second-order valence-corrected chi connectivity index (χ2v) is 7.83. The van der Waals surface area contributed by atoms with E-state index in [2.05, 4.69) is 19.2 Å². The summed E-state index contributed by atoms with van der Waals surface area (Å²) in [6.45, 7) is 4.70. The molecule has 6 heteroatoms. The molecule has 2 atom stereocenters. The third kappa shape index (κ3) is 5.35. The number of carbonyl (C=O) groups excluding carboxylic acids is 1. The van der Waals surface area contributed by atoms with E-state index >= 15 is 0 Å². The standard InChI is InChI=1S/C12H24N2O3S/c1-9(2)5-10(7-13)6-12(15)14-11-3-4-18(16,17)8-11/h9-11H,3-8,13H2,1-2H3,(H,14,15)/t10-,11?/m0/s1. The lowest BCUT2D eigenvalue weighted by Crippen LogP contribution is -2.37. The molecule has 1 aliphatic heterocycles. The van der Waals surface area contributed by atoms with E-state index in [1.165, 1.54) is 0 Å². The van der Waals surface area contributed by atoms with Gasteiger partial charge in [-0.25, -0.2) is 8.42 Å². The van der Waals surface area contributed by atoms with Crippen molar-refractivity contribution >= 4 is 15.7 Å². The van der Waals surface area contributed by atoms with Crippen LogP contribution in [0.15, 0.2) is 0 Å². The molecule has 0 aromatic rings. The molecule has 0 spiro atoms. The van der Waals surface area contributed by atoms with Crippen LogP contribution < -0.4 is 11.1 Å². The molecule has 18 heavy (non-hydrogen) atoms. The number of nitrogens with one attached hydrogen (secondary N) is 1. The first kappa shape index (κ1) is 15.4. The summed E-state index contributed by atoms with van der Waals surface area (Å²) in [5.74, 6) is 0.884. The summed E-state index contributed by atoms with van der Waals surface area (Å²) in [5, 5.41) is 2.80. The number of carbonyl (C=O) groups is 1. The number of rotatable bonds is 6. The van der Waals surface area contributed by atoms with Gasteiger partial charge in [0.25, 0.3) is 0 Å². The minimum Gasteiger partial charge on any atom is -0.352 e. The number of amides is 1. The van der Waals surface area contributed by atoms with E-state index in [9.17, 15) is 13.2 Å². The molecule has 1 aliphatic rings. The molecule has 5 nitrogen and oxygen atoms in total. The normalized spacial score (nSPS) is 24.1. The Hall–Kier alpha value is -0.620. The van der Waals surface area contributed by atoms with Crippen molar-refractivity contribution in [3.63, 3.8) is 0 Å². The fourth-order valence-corrected chi connectivity index (χ4v) is 4.06. The number of nitrogens with two attached hydrogens (primary N) is 1. The molecular weight excluding hydrogens is 252 g/mol. The molecule has 0 radical (unpaired) electrons. The van der Waals surface area contributed by atoms with Gasteiger partial charge in [-0.2, -0.15) is 0 Å². The Morgan fingerprint density at radius 1 is 1.44 bits per heavy atom. The Kier molecular flexibility index (Phi) is 5.59. The van der Waals surface area contributed by atoms with Crippen LogP contribution in [-0.4, -0.2) is 38.4 Å². The molecule has 0 bridgehead atoms. The van der Waals surface area contributed by atoms with Crippen LogP contribution in [0.25, 0.3) is 0 Å². The highest BCUT2D eigenvalue weighted by molar-refractivity contribution is 7.91. The largest absolute Gasteiger partial charge is 0.352 e. The van der Waals surface area contributed by atoms with E-state index < -0.39 is 9.84 Å². The SMILES string of the molecule is CC(C)C[C@H](CN)CC(=O)NC1CCS(=O)(=O)C1. The molecule has 1 rings (SSSR count). The van der Waals surface area contributed by atoms with E-state index in [0.717, 1.165) is 6.42 Å². The van der Waals surface area contributed by atoms with Gasteiger partial charge >= 0.3 is 0 Å². The first-order valence-corrected chi connectivity index (χ1v) is 8.34. The summed E-state index contributed by atoms with van der Waals surface area (Å²) < 4.78 is 22.6. The molecule has 3 N–H and O–H groups in total.